The van der Waals surface area contributed by atoms with Crippen LogP contribution in [-0.2, 0) is 4.79 Å². The van der Waals surface area contributed by atoms with Gasteiger partial charge in [-0.2, -0.15) is 0 Å². The molecule has 138 valence electrons. The number of benzene rings is 3. The number of hydrogen-bond acceptors (Lipinski definition) is 4. The van der Waals surface area contributed by atoms with Gasteiger partial charge < -0.3 is 14.8 Å². The third kappa shape index (κ3) is 2.21. The van der Waals surface area contributed by atoms with Crippen molar-refractivity contribution in [3.05, 3.63) is 71.3 Å². The number of rotatable bonds is 1. The van der Waals surface area contributed by atoms with Gasteiger partial charge in [0.15, 0.2) is 17.3 Å². The average Bonchev–Trinajstić information content (AvgIpc) is 3.21. The van der Waals surface area contributed by atoms with E-state index in [9.17, 15) is 4.79 Å². The Labute approximate surface area is 162 Å². The first kappa shape index (κ1) is 15.8. The molecule has 0 saturated carbocycles. The number of anilines is 1. The molecule has 6 rings (SSSR count). The van der Waals surface area contributed by atoms with Crippen molar-refractivity contribution >= 4 is 27.8 Å². The van der Waals surface area contributed by atoms with Gasteiger partial charge in [0.2, 0.25) is 6.79 Å². The Kier molecular flexibility index (Phi) is 3.30. The number of carbonyl (C=O) groups is 1. The number of carbonyl (C=O) groups excluding carboxylic acids is 1. The van der Waals surface area contributed by atoms with Crippen molar-refractivity contribution in [2.24, 2.45) is 0 Å². The molecule has 0 spiro atoms. The number of fused-ring (bicyclic) bond motifs is 5. The molecule has 3 aromatic carbocycles. The molecule has 3 aliphatic rings. The van der Waals surface area contributed by atoms with Gasteiger partial charge in [0.1, 0.15) is 0 Å². The molecule has 2 heterocycles. The van der Waals surface area contributed by atoms with E-state index in [4.69, 9.17) is 9.47 Å². The molecule has 2 aliphatic heterocycles. The maximum Gasteiger partial charge on any atom is 0.231 e. The largest absolute Gasteiger partial charge is 0.454 e. The molecule has 0 saturated heterocycles. The van der Waals surface area contributed by atoms with Crippen LogP contribution in [0.3, 0.4) is 0 Å². The highest BCUT2D eigenvalue weighted by Gasteiger charge is 2.35. The highest BCUT2D eigenvalue weighted by Crippen LogP contribution is 2.48. The third-order valence-corrected chi connectivity index (χ3v) is 6.01. The minimum atomic E-state index is -0.161. The van der Waals surface area contributed by atoms with E-state index in [0.717, 1.165) is 41.2 Å². The van der Waals surface area contributed by atoms with E-state index in [1.807, 2.05) is 18.2 Å². The first-order valence-electron chi connectivity index (χ1n) is 9.74. The molecule has 0 unspecified atom stereocenters. The van der Waals surface area contributed by atoms with Gasteiger partial charge in [-0.1, -0.05) is 36.4 Å². The van der Waals surface area contributed by atoms with Gasteiger partial charge in [0.05, 0.1) is 6.04 Å². The van der Waals surface area contributed by atoms with Gasteiger partial charge in [-0.25, -0.2) is 0 Å². The summed E-state index contributed by atoms with van der Waals surface area (Å²) >= 11 is 0. The lowest BCUT2D eigenvalue weighted by molar-refractivity contribution is -0.116. The molecule has 0 fully saturated rings. The minimum Gasteiger partial charge on any atom is -0.454 e. The molecule has 4 nitrogen and oxygen atoms in total. The van der Waals surface area contributed by atoms with Crippen LogP contribution in [-0.4, -0.2) is 12.6 Å². The smallest absolute Gasteiger partial charge is 0.231 e. The second kappa shape index (κ2) is 5.86. The summed E-state index contributed by atoms with van der Waals surface area (Å²) in [6, 6.07) is 18.5. The fourth-order valence-corrected chi connectivity index (χ4v) is 4.75. The number of Topliss-reactive ketones (excluding diaryl/α,β-unsaturated/α-hetero) is 1. The summed E-state index contributed by atoms with van der Waals surface area (Å²) in [6.07, 6.45) is 2.46. The summed E-state index contributed by atoms with van der Waals surface area (Å²) in [5.74, 6) is 1.75. The number of ketones is 1. The van der Waals surface area contributed by atoms with Crippen molar-refractivity contribution in [3.63, 3.8) is 0 Å². The standard InChI is InChI=1S/C24H19NO3/c26-19-7-3-6-17-22-16-5-2-1-4-14(16)8-10-18(22)25-24(23(17)19)15-9-11-20-21(12-15)28-13-27-20/h1-2,4-5,8-12,24-25H,3,6-7,13H2/t24-/m1/s1. The SMILES string of the molecule is O=C1CCCC2=C1[C@@H](c1ccc3c(c1)OCO3)Nc1ccc3ccccc3c12. The molecule has 0 aromatic heterocycles. The highest BCUT2D eigenvalue weighted by atomic mass is 16.7. The molecule has 1 N–H and O–H groups in total. The molecule has 28 heavy (non-hydrogen) atoms. The van der Waals surface area contributed by atoms with E-state index < -0.39 is 0 Å². The van der Waals surface area contributed by atoms with E-state index >= 15 is 0 Å². The molecule has 4 heteroatoms. The van der Waals surface area contributed by atoms with Crippen LogP contribution in [0.15, 0.2) is 60.2 Å². The zero-order valence-electron chi connectivity index (χ0n) is 15.3. The second-order valence-corrected chi connectivity index (χ2v) is 7.57. The van der Waals surface area contributed by atoms with Crippen molar-refractivity contribution in [3.8, 4) is 11.5 Å². The monoisotopic (exact) mass is 369 g/mol. The van der Waals surface area contributed by atoms with Crippen LogP contribution in [0, 0.1) is 0 Å². The van der Waals surface area contributed by atoms with E-state index in [-0.39, 0.29) is 18.6 Å². The number of nitrogens with one attached hydrogen (secondary N) is 1. The summed E-state index contributed by atoms with van der Waals surface area (Å²) in [4.78, 5) is 13.0. The zero-order chi connectivity index (χ0) is 18.7. The predicted molar refractivity (Wildman–Crippen MR) is 109 cm³/mol. The van der Waals surface area contributed by atoms with Crippen LogP contribution in [0.4, 0.5) is 5.69 Å². The highest BCUT2D eigenvalue weighted by molar-refractivity contribution is 6.12. The molecular weight excluding hydrogens is 350 g/mol. The Hall–Kier alpha value is -3.27. The number of ether oxygens (including phenoxy) is 2. The lowest BCUT2D eigenvalue weighted by atomic mass is 9.77. The van der Waals surface area contributed by atoms with Gasteiger partial charge in [-0.15, -0.1) is 0 Å². The second-order valence-electron chi connectivity index (χ2n) is 7.57. The van der Waals surface area contributed by atoms with Crippen LogP contribution in [0.25, 0.3) is 16.3 Å². The summed E-state index contributed by atoms with van der Waals surface area (Å²) < 4.78 is 11.0. The Balaban J connectivity index is 1.59. The molecule has 0 bridgehead atoms. The third-order valence-electron chi connectivity index (χ3n) is 6.01. The topological polar surface area (TPSA) is 47.6 Å². The van der Waals surface area contributed by atoms with Crippen molar-refractivity contribution in [2.75, 3.05) is 12.1 Å². The van der Waals surface area contributed by atoms with E-state index in [1.54, 1.807) is 0 Å². The predicted octanol–water partition coefficient (Wildman–Crippen LogP) is 5.24. The van der Waals surface area contributed by atoms with Gasteiger partial charge in [-0.05, 0) is 52.9 Å². The maximum absolute atomic E-state index is 13.0. The summed E-state index contributed by atoms with van der Waals surface area (Å²) in [6.45, 7) is 0.249. The molecule has 3 aromatic rings. The van der Waals surface area contributed by atoms with E-state index in [0.29, 0.717) is 6.42 Å². The summed E-state index contributed by atoms with van der Waals surface area (Å²) in [5.41, 5.74) is 5.43. The normalized spacial score (nSPS) is 20.0. The fourth-order valence-electron chi connectivity index (χ4n) is 4.75. The van der Waals surface area contributed by atoms with Crippen LogP contribution in [0.2, 0.25) is 0 Å². The van der Waals surface area contributed by atoms with Crippen LogP contribution < -0.4 is 14.8 Å². The zero-order valence-corrected chi connectivity index (χ0v) is 15.3. The van der Waals surface area contributed by atoms with Crippen LogP contribution in [0.5, 0.6) is 11.5 Å². The minimum absolute atomic E-state index is 0.161. The van der Waals surface area contributed by atoms with Gasteiger partial charge >= 0.3 is 0 Å². The Morgan fingerprint density at radius 1 is 0.929 bits per heavy atom. The molecular formula is C24H19NO3. The maximum atomic E-state index is 13.0. The lowest BCUT2D eigenvalue weighted by Gasteiger charge is -2.35. The van der Waals surface area contributed by atoms with Crippen molar-refractivity contribution in [2.45, 2.75) is 25.3 Å². The van der Waals surface area contributed by atoms with Crippen molar-refractivity contribution in [1.29, 1.82) is 0 Å². The Morgan fingerprint density at radius 3 is 2.79 bits per heavy atom. The average molecular weight is 369 g/mol. The van der Waals surface area contributed by atoms with Crippen LogP contribution >= 0.6 is 0 Å². The van der Waals surface area contributed by atoms with Crippen molar-refractivity contribution in [1.82, 2.24) is 0 Å². The molecule has 0 amide bonds. The number of hydrogen-bond donors (Lipinski definition) is 1. The Morgan fingerprint density at radius 2 is 1.82 bits per heavy atom. The van der Waals surface area contributed by atoms with E-state index in [1.165, 1.54) is 21.9 Å². The number of allylic oxidation sites excluding steroid dienone is 1. The molecule has 1 aliphatic carbocycles. The van der Waals surface area contributed by atoms with Gasteiger partial charge in [0, 0.05) is 23.2 Å². The molecule has 0 radical (unpaired) electrons. The summed E-state index contributed by atoms with van der Waals surface area (Å²) in [5, 5.41) is 6.06. The summed E-state index contributed by atoms with van der Waals surface area (Å²) in [7, 11) is 0. The first-order valence-corrected chi connectivity index (χ1v) is 9.74. The van der Waals surface area contributed by atoms with Gasteiger partial charge in [0.25, 0.3) is 0 Å². The van der Waals surface area contributed by atoms with Crippen LogP contribution in [0.1, 0.15) is 36.4 Å². The first-order chi connectivity index (χ1) is 13.8. The van der Waals surface area contributed by atoms with E-state index in [2.05, 4.69) is 41.7 Å². The molecule has 1 atom stereocenters. The quantitative estimate of drug-likeness (QED) is 0.637. The Bertz CT molecular complexity index is 1180. The van der Waals surface area contributed by atoms with Gasteiger partial charge in [-0.3, -0.25) is 4.79 Å². The fraction of sp³-hybridized carbons (Fsp3) is 0.208. The van der Waals surface area contributed by atoms with Crippen molar-refractivity contribution < 1.29 is 14.3 Å². The lowest BCUT2D eigenvalue weighted by Crippen LogP contribution is -2.27.